The molecular formula is C22H29F3O3. The van der Waals surface area contributed by atoms with Crippen LogP contribution in [-0.2, 0) is 14.3 Å². The van der Waals surface area contributed by atoms with Crippen LogP contribution in [0.3, 0.4) is 0 Å². The van der Waals surface area contributed by atoms with E-state index in [0.717, 1.165) is 38.5 Å². The predicted octanol–water partition coefficient (Wildman–Crippen LogP) is 5.24. The number of ketones is 1. The van der Waals surface area contributed by atoms with Crippen LogP contribution in [0.25, 0.3) is 0 Å². The summed E-state index contributed by atoms with van der Waals surface area (Å²) in [5.74, 6) is -0.629. The van der Waals surface area contributed by atoms with E-state index in [1.54, 1.807) is 0 Å². The lowest BCUT2D eigenvalue weighted by atomic mass is 9.47. The monoisotopic (exact) mass is 398 g/mol. The topological polar surface area (TPSA) is 43.4 Å². The van der Waals surface area contributed by atoms with Crippen LogP contribution in [0.2, 0.25) is 0 Å². The van der Waals surface area contributed by atoms with Gasteiger partial charge in [-0.15, -0.1) is 0 Å². The largest absolute Gasteiger partial charge is 0.490 e. The number of rotatable bonds is 1. The fourth-order valence-corrected chi connectivity index (χ4v) is 7.24. The van der Waals surface area contributed by atoms with Crippen molar-refractivity contribution in [3.63, 3.8) is 0 Å². The first-order valence-corrected chi connectivity index (χ1v) is 10.5. The molecule has 7 atom stereocenters. The number of alkyl halides is 3. The highest BCUT2D eigenvalue weighted by Gasteiger charge is 2.61. The number of halogens is 3. The molecule has 0 spiro atoms. The van der Waals surface area contributed by atoms with E-state index in [1.165, 1.54) is 5.57 Å². The van der Waals surface area contributed by atoms with Crippen LogP contribution in [0.4, 0.5) is 13.2 Å². The first kappa shape index (κ1) is 20.0. The Bertz CT molecular complexity index is 727. The van der Waals surface area contributed by atoms with Crippen molar-refractivity contribution in [3.8, 4) is 0 Å². The van der Waals surface area contributed by atoms with Crippen LogP contribution in [0.1, 0.15) is 65.7 Å². The molecule has 3 fully saturated rings. The predicted molar refractivity (Wildman–Crippen MR) is 97.2 cm³/mol. The standard InChI is InChI=1S/C22H29F3O3/c1-12-11-21(3)13(10-17(12)26)4-5-14-15-6-7-18(28-19(27)22(23,24)25)20(15,2)9-8-16(14)21/h10,12,14-16,18H,4-9,11H2,1-3H3/t12?,14-,15-,16-,18-,20-,21-/m0/s1. The second-order valence-electron chi connectivity index (χ2n) is 10.0. The van der Waals surface area contributed by atoms with Crippen molar-refractivity contribution in [3.05, 3.63) is 11.6 Å². The SMILES string of the molecule is CC1C[C@@]2(C)C(=CC1=O)CC[C@H]1[C@@H]3CC[C@H](OC(=O)C(F)(F)F)[C@@]3(C)CC[C@@H]12. The molecule has 28 heavy (non-hydrogen) atoms. The fourth-order valence-electron chi connectivity index (χ4n) is 7.24. The Morgan fingerprint density at radius 1 is 1.14 bits per heavy atom. The summed E-state index contributed by atoms with van der Waals surface area (Å²) in [5, 5.41) is 0. The summed E-state index contributed by atoms with van der Waals surface area (Å²) in [6.07, 6.45) is 2.07. The molecule has 0 aromatic heterocycles. The Labute approximate surface area is 164 Å². The summed E-state index contributed by atoms with van der Waals surface area (Å²) in [7, 11) is 0. The molecule has 0 aliphatic heterocycles. The maximum absolute atomic E-state index is 12.7. The normalized spacial score (nSPS) is 45.6. The number of esters is 1. The molecule has 156 valence electrons. The van der Waals surface area contributed by atoms with Gasteiger partial charge >= 0.3 is 12.1 Å². The van der Waals surface area contributed by atoms with Crippen LogP contribution < -0.4 is 0 Å². The first-order valence-electron chi connectivity index (χ1n) is 10.5. The van der Waals surface area contributed by atoms with Gasteiger partial charge in [-0.2, -0.15) is 13.2 Å². The van der Waals surface area contributed by atoms with Crippen molar-refractivity contribution < 1.29 is 27.5 Å². The van der Waals surface area contributed by atoms with Crippen LogP contribution in [0.5, 0.6) is 0 Å². The van der Waals surface area contributed by atoms with E-state index >= 15 is 0 Å². The molecular weight excluding hydrogens is 369 g/mol. The zero-order valence-electron chi connectivity index (χ0n) is 16.8. The minimum Gasteiger partial charge on any atom is -0.455 e. The fraction of sp³-hybridized carbons (Fsp3) is 0.818. The molecule has 0 bridgehead atoms. The highest BCUT2D eigenvalue weighted by atomic mass is 19.4. The highest BCUT2D eigenvalue weighted by molar-refractivity contribution is 5.93. The third-order valence-electron chi connectivity index (χ3n) is 8.66. The molecule has 3 saturated carbocycles. The summed E-state index contributed by atoms with van der Waals surface area (Å²) >= 11 is 0. The molecule has 1 unspecified atom stereocenters. The zero-order valence-corrected chi connectivity index (χ0v) is 16.8. The molecule has 0 aromatic rings. The van der Waals surface area contributed by atoms with Gasteiger partial charge in [-0.05, 0) is 74.2 Å². The van der Waals surface area contributed by atoms with E-state index in [-0.39, 0.29) is 28.4 Å². The molecule has 3 nitrogen and oxygen atoms in total. The summed E-state index contributed by atoms with van der Waals surface area (Å²) in [5.41, 5.74) is 0.909. The Morgan fingerprint density at radius 2 is 1.86 bits per heavy atom. The molecule has 0 aromatic carbocycles. The van der Waals surface area contributed by atoms with E-state index in [9.17, 15) is 22.8 Å². The average molecular weight is 398 g/mol. The lowest BCUT2D eigenvalue weighted by molar-refractivity contribution is -0.211. The van der Waals surface area contributed by atoms with E-state index < -0.39 is 18.2 Å². The molecule has 0 saturated heterocycles. The number of ether oxygens (including phenoxy) is 1. The molecule has 0 amide bonds. The molecule has 4 aliphatic carbocycles. The Hall–Kier alpha value is -1.33. The van der Waals surface area contributed by atoms with Crippen molar-refractivity contribution >= 4 is 11.8 Å². The molecule has 4 aliphatic rings. The van der Waals surface area contributed by atoms with Crippen LogP contribution in [0, 0.1) is 34.5 Å². The summed E-state index contributed by atoms with van der Waals surface area (Å²) in [4.78, 5) is 23.6. The third kappa shape index (κ3) is 2.85. The summed E-state index contributed by atoms with van der Waals surface area (Å²) in [6.45, 7) is 6.31. The Morgan fingerprint density at radius 3 is 2.54 bits per heavy atom. The number of carbonyl (C=O) groups is 2. The van der Waals surface area contributed by atoms with Crippen molar-refractivity contribution in [2.45, 2.75) is 78.0 Å². The number of carbonyl (C=O) groups excluding carboxylic acids is 2. The highest BCUT2D eigenvalue weighted by Crippen LogP contribution is 2.66. The van der Waals surface area contributed by atoms with E-state index in [1.807, 2.05) is 19.9 Å². The quantitative estimate of drug-likeness (QED) is 0.568. The van der Waals surface area contributed by atoms with Gasteiger partial charge < -0.3 is 4.74 Å². The van der Waals surface area contributed by atoms with Crippen LogP contribution in [0.15, 0.2) is 11.6 Å². The van der Waals surface area contributed by atoms with Gasteiger partial charge in [-0.1, -0.05) is 26.3 Å². The molecule has 4 rings (SSSR count). The lowest BCUT2D eigenvalue weighted by Gasteiger charge is -2.58. The molecule has 0 radical (unpaired) electrons. The zero-order chi connectivity index (χ0) is 20.5. The van der Waals surface area contributed by atoms with Crippen molar-refractivity contribution in [1.29, 1.82) is 0 Å². The van der Waals surface area contributed by atoms with Gasteiger partial charge in [0.1, 0.15) is 6.10 Å². The van der Waals surface area contributed by atoms with Crippen molar-refractivity contribution in [2.24, 2.45) is 34.5 Å². The van der Waals surface area contributed by atoms with Gasteiger partial charge in [0.2, 0.25) is 0 Å². The summed E-state index contributed by atoms with van der Waals surface area (Å²) < 4.78 is 43.1. The molecule has 6 heteroatoms. The molecule has 0 N–H and O–H groups in total. The molecule has 0 heterocycles. The minimum atomic E-state index is -4.94. The number of hydrogen-bond donors (Lipinski definition) is 0. The van der Waals surface area contributed by atoms with Gasteiger partial charge in [-0.3, -0.25) is 4.79 Å². The van der Waals surface area contributed by atoms with E-state index in [0.29, 0.717) is 18.3 Å². The average Bonchev–Trinajstić information content (AvgIpc) is 2.92. The maximum Gasteiger partial charge on any atom is 0.490 e. The van der Waals surface area contributed by atoms with Gasteiger partial charge in [-0.25, -0.2) is 4.79 Å². The second kappa shape index (κ2) is 6.33. The van der Waals surface area contributed by atoms with Crippen LogP contribution in [-0.4, -0.2) is 24.0 Å². The Balaban J connectivity index is 1.58. The lowest BCUT2D eigenvalue weighted by Crippen LogP contribution is -2.52. The summed E-state index contributed by atoms with van der Waals surface area (Å²) in [6, 6.07) is 0. The van der Waals surface area contributed by atoms with E-state index in [4.69, 9.17) is 4.74 Å². The first-order chi connectivity index (χ1) is 13.0. The number of fused-ring (bicyclic) bond motifs is 5. The van der Waals surface area contributed by atoms with Gasteiger partial charge in [0.05, 0.1) is 0 Å². The van der Waals surface area contributed by atoms with E-state index in [2.05, 4.69) is 6.92 Å². The van der Waals surface area contributed by atoms with Crippen LogP contribution >= 0.6 is 0 Å². The second-order valence-corrected chi connectivity index (χ2v) is 10.0. The smallest absolute Gasteiger partial charge is 0.455 e. The maximum atomic E-state index is 12.7. The Kier molecular flexibility index (Phi) is 4.51. The van der Waals surface area contributed by atoms with Gasteiger partial charge in [0.15, 0.2) is 5.78 Å². The number of allylic oxidation sites excluding steroid dienone is 1. The minimum absolute atomic E-state index is 0.0122. The number of hydrogen-bond acceptors (Lipinski definition) is 3. The third-order valence-corrected chi connectivity index (χ3v) is 8.66. The van der Waals surface area contributed by atoms with Gasteiger partial charge in [0, 0.05) is 11.3 Å². The van der Waals surface area contributed by atoms with Crippen molar-refractivity contribution in [1.82, 2.24) is 0 Å². The van der Waals surface area contributed by atoms with Crippen molar-refractivity contribution in [2.75, 3.05) is 0 Å². The van der Waals surface area contributed by atoms with Gasteiger partial charge in [0.25, 0.3) is 0 Å².